The van der Waals surface area contributed by atoms with Crippen LogP contribution in [0.15, 0.2) is 24.3 Å². The van der Waals surface area contributed by atoms with Crippen LogP contribution in [0.1, 0.15) is 37.7 Å². The van der Waals surface area contributed by atoms with Crippen molar-refractivity contribution in [3.63, 3.8) is 0 Å². The molecule has 2 aliphatic carbocycles. The summed E-state index contributed by atoms with van der Waals surface area (Å²) in [6, 6.07) is 10.4. The summed E-state index contributed by atoms with van der Waals surface area (Å²) >= 11 is 0. The van der Waals surface area contributed by atoms with Crippen molar-refractivity contribution in [1.82, 2.24) is 10.2 Å². The van der Waals surface area contributed by atoms with Crippen LogP contribution in [0.5, 0.6) is 5.75 Å². The van der Waals surface area contributed by atoms with Crippen molar-refractivity contribution in [1.29, 1.82) is 0 Å². The second-order valence-electron chi connectivity index (χ2n) is 6.95. The fraction of sp³-hybridized carbons (Fsp3) is 0.667. The van der Waals surface area contributed by atoms with Gasteiger partial charge >= 0.3 is 0 Å². The molecule has 1 unspecified atom stereocenters. The first-order chi connectivity index (χ1) is 10.4. The highest BCUT2D eigenvalue weighted by Gasteiger charge is 2.34. The average Bonchev–Trinajstić information content (AvgIpc) is 3.44. The highest BCUT2D eigenvalue weighted by molar-refractivity contribution is 5.85. The molecule has 0 spiro atoms. The van der Waals surface area contributed by atoms with Crippen LogP contribution in [-0.4, -0.2) is 36.7 Å². The third-order valence-corrected chi connectivity index (χ3v) is 4.99. The molecule has 3 nitrogen and oxygen atoms in total. The van der Waals surface area contributed by atoms with Gasteiger partial charge in [-0.15, -0.1) is 12.4 Å². The molecule has 4 rings (SSSR count). The summed E-state index contributed by atoms with van der Waals surface area (Å²) in [5.74, 6) is 1.86. The zero-order chi connectivity index (χ0) is 14.1. The highest BCUT2D eigenvalue weighted by Crippen LogP contribution is 2.32. The minimum atomic E-state index is 0. The number of nitrogens with zero attached hydrogens (tertiary/aromatic N) is 1. The third kappa shape index (κ3) is 4.15. The van der Waals surface area contributed by atoms with Gasteiger partial charge in [-0.1, -0.05) is 12.1 Å². The lowest BCUT2D eigenvalue weighted by Crippen LogP contribution is -2.38. The van der Waals surface area contributed by atoms with Gasteiger partial charge in [0.2, 0.25) is 0 Å². The van der Waals surface area contributed by atoms with E-state index in [1.807, 2.05) is 0 Å². The van der Waals surface area contributed by atoms with Gasteiger partial charge in [-0.3, -0.25) is 4.90 Å². The van der Waals surface area contributed by atoms with Gasteiger partial charge < -0.3 is 10.1 Å². The second kappa shape index (κ2) is 7.20. The van der Waals surface area contributed by atoms with E-state index in [2.05, 4.69) is 34.5 Å². The first kappa shape index (κ1) is 16.1. The minimum absolute atomic E-state index is 0. The van der Waals surface area contributed by atoms with E-state index in [0.29, 0.717) is 0 Å². The van der Waals surface area contributed by atoms with E-state index >= 15 is 0 Å². The molecule has 3 fully saturated rings. The lowest BCUT2D eigenvalue weighted by Gasteiger charge is -2.28. The summed E-state index contributed by atoms with van der Waals surface area (Å²) in [6.45, 7) is 4.35. The number of benzene rings is 1. The predicted molar refractivity (Wildman–Crippen MR) is 91.7 cm³/mol. The van der Waals surface area contributed by atoms with Gasteiger partial charge in [-0.2, -0.15) is 0 Å². The Morgan fingerprint density at radius 2 is 1.77 bits per heavy atom. The van der Waals surface area contributed by atoms with Crippen LogP contribution >= 0.6 is 12.4 Å². The molecule has 0 amide bonds. The van der Waals surface area contributed by atoms with Gasteiger partial charge in [-0.05, 0) is 62.3 Å². The predicted octanol–water partition coefficient (Wildman–Crippen LogP) is 3.22. The van der Waals surface area contributed by atoms with Crippen molar-refractivity contribution < 1.29 is 4.74 Å². The van der Waals surface area contributed by atoms with Crippen molar-refractivity contribution in [3.8, 4) is 5.75 Å². The van der Waals surface area contributed by atoms with Gasteiger partial charge in [0.05, 0.1) is 6.61 Å². The summed E-state index contributed by atoms with van der Waals surface area (Å²) < 4.78 is 5.83. The Labute approximate surface area is 139 Å². The molecule has 1 aliphatic heterocycles. The van der Waals surface area contributed by atoms with Crippen molar-refractivity contribution >= 4 is 12.4 Å². The molecule has 1 saturated heterocycles. The van der Waals surface area contributed by atoms with E-state index in [4.69, 9.17) is 4.74 Å². The van der Waals surface area contributed by atoms with E-state index in [-0.39, 0.29) is 12.4 Å². The van der Waals surface area contributed by atoms with E-state index in [1.54, 1.807) is 0 Å². The summed E-state index contributed by atoms with van der Waals surface area (Å²) in [6.07, 6.45) is 6.78. The number of ether oxygens (including phenoxy) is 1. The standard InChI is InChI=1S/C18H26N2O.ClH/c1-2-15(1)13-21-18-7-3-14(4-8-18)12-20(16-5-6-16)17-9-10-19-11-17;/h3-4,7-8,15-17,19H,1-2,5-6,9-13H2;1H. The zero-order valence-corrected chi connectivity index (χ0v) is 14.0. The number of nitrogens with one attached hydrogen (secondary N) is 1. The van der Waals surface area contributed by atoms with Crippen LogP contribution in [0.3, 0.4) is 0 Å². The first-order valence-corrected chi connectivity index (χ1v) is 8.57. The maximum absolute atomic E-state index is 5.83. The second-order valence-corrected chi connectivity index (χ2v) is 6.95. The van der Waals surface area contributed by atoms with Crippen LogP contribution in [0.25, 0.3) is 0 Å². The Kier molecular flexibility index (Phi) is 5.27. The van der Waals surface area contributed by atoms with Crippen LogP contribution in [0.4, 0.5) is 0 Å². The zero-order valence-electron chi connectivity index (χ0n) is 13.2. The molecule has 3 aliphatic rings. The van der Waals surface area contributed by atoms with Crippen molar-refractivity contribution in [2.75, 3.05) is 19.7 Å². The van der Waals surface area contributed by atoms with Crippen molar-refractivity contribution in [2.45, 2.75) is 50.7 Å². The summed E-state index contributed by atoms with van der Waals surface area (Å²) in [5, 5.41) is 3.50. The summed E-state index contributed by atoms with van der Waals surface area (Å²) in [7, 11) is 0. The Bertz CT molecular complexity index is 464. The monoisotopic (exact) mass is 322 g/mol. The molecule has 4 heteroatoms. The smallest absolute Gasteiger partial charge is 0.119 e. The number of rotatable bonds is 7. The van der Waals surface area contributed by atoms with E-state index < -0.39 is 0 Å². The van der Waals surface area contributed by atoms with E-state index in [1.165, 1.54) is 50.8 Å². The van der Waals surface area contributed by atoms with Crippen molar-refractivity contribution in [3.05, 3.63) is 29.8 Å². The molecule has 1 N–H and O–H groups in total. The number of hydrogen-bond donors (Lipinski definition) is 1. The van der Waals surface area contributed by atoms with Gasteiger partial charge in [0.1, 0.15) is 5.75 Å². The molecule has 0 radical (unpaired) electrons. The Hall–Kier alpha value is -0.770. The Morgan fingerprint density at radius 1 is 1.00 bits per heavy atom. The number of hydrogen-bond acceptors (Lipinski definition) is 3. The summed E-state index contributed by atoms with van der Waals surface area (Å²) in [5.41, 5.74) is 1.42. The van der Waals surface area contributed by atoms with Crippen LogP contribution in [-0.2, 0) is 6.54 Å². The molecule has 1 heterocycles. The lowest BCUT2D eigenvalue weighted by molar-refractivity contribution is 0.188. The van der Waals surface area contributed by atoms with Crippen LogP contribution in [0.2, 0.25) is 0 Å². The SMILES string of the molecule is Cl.c1cc(OCC2CC2)ccc1CN(C1CC1)C1CCNC1. The Balaban J connectivity index is 0.00000144. The molecule has 2 saturated carbocycles. The van der Waals surface area contributed by atoms with Crippen LogP contribution in [0, 0.1) is 5.92 Å². The molecule has 0 aromatic heterocycles. The molecule has 1 aromatic carbocycles. The Morgan fingerprint density at radius 3 is 2.36 bits per heavy atom. The molecule has 1 aromatic rings. The molecule has 22 heavy (non-hydrogen) atoms. The fourth-order valence-corrected chi connectivity index (χ4v) is 3.29. The molecular weight excluding hydrogens is 296 g/mol. The normalized spacial score (nSPS) is 24.3. The van der Waals surface area contributed by atoms with Gasteiger partial charge in [0.25, 0.3) is 0 Å². The highest BCUT2D eigenvalue weighted by atomic mass is 35.5. The van der Waals surface area contributed by atoms with Crippen molar-refractivity contribution in [2.24, 2.45) is 5.92 Å². The largest absolute Gasteiger partial charge is 0.493 e. The minimum Gasteiger partial charge on any atom is -0.493 e. The molecule has 1 atom stereocenters. The maximum atomic E-state index is 5.83. The molecule has 0 bridgehead atoms. The topological polar surface area (TPSA) is 24.5 Å². The first-order valence-electron chi connectivity index (χ1n) is 8.57. The fourth-order valence-electron chi connectivity index (χ4n) is 3.29. The van der Waals surface area contributed by atoms with Gasteiger partial charge in [-0.25, -0.2) is 0 Å². The maximum Gasteiger partial charge on any atom is 0.119 e. The quantitative estimate of drug-likeness (QED) is 0.834. The van der Waals surface area contributed by atoms with E-state index in [0.717, 1.165) is 36.9 Å². The van der Waals surface area contributed by atoms with Gasteiger partial charge in [0, 0.05) is 25.2 Å². The van der Waals surface area contributed by atoms with Crippen LogP contribution < -0.4 is 10.1 Å². The van der Waals surface area contributed by atoms with Gasteiger partial charge in [0.15, 0.2) is 0 Å². The molecule has 122 valence electrons. The molecular formula is C18H27ClN2O. The summed E-state index contributed by atoms with van der Waals surface area (Å²) in [4.78, 5) is 2.72. The van der Waals surface area contributed by atoms with E-state index in [9.17, 15) is 0 Å². The third-order valence-electron chi connectivity index (χ3n) is 4.99. The average molecular weight is 323 g/mol. The number of halogens is 1. The lowest BCUT2D eigenvalue weighted by atomic mass is 10.1.